The number of carbonyl (C=O) groups is 1. The van der Waals surface area contributed by atoms with Crippen LogP contribution in [-0.2, 0) is 6.42 Å². The van der Waals surface area contributed by atoms with Gasteiger partial charge in [0.15, 0.2) is 5.13 Å². The van der Waals surface area contributed by atoms with Gasteiger partial charge >= 0.3 is 0 Å². The van der Waals surface area contributed by atoms with Crippen molar-refractivity contribution in [1.82, 2.24) is 14.9 Å². The number of hydrogen-bond donors (Lipinski definition) is 2. The fraction of sp³-hybridized carbons (Fsp3) is 0.286. The van der Waals surface area contributed by atoms with Gasteiger partial charge in [0.25, 0.3) is 11.5 Å². The molecule has 0 aliphatic rings. The predicted octanol–water partition coefficient (Wildman–Crippen LogP) is 3.17. The summed E-state index contributed by atoms with van der Waals surface area (Å²) in [6.45, 7) is 4.21. The highest BCUT2D eigenvalue weighted by Gasteiger charge is 2.18. The maximum absolute atomic E-state index is 13.0. The minimum atomic E-state index is -0.338. The number of aromatic nitrogens is 2. The summed E-state index contributed by atoms with van der Waals surface area (Å²) < 4.78 is 1.61. The monoisotopic (exact) mass is 396 g/mol. The average molecular weight is 397 g/mol. The van der Waals surface area contributed by atoms with Gasteiger partial charge in [0.2, 0.25) is 0 Å². The lowest BCUT2D eigenvalue weighted by Gasteiger charge is -2.17. The summed E-state index contributed by atoms with van der Waals surface area (Å²) in [6, 6.07) is 11.4. The van der Waals surface area contributed by atoms with E-state index in [0.717, 1.165) is 24.1 Å². The van der Waals surface area contributed by atoms with Crippen molar-refractivity contribution < 1.29 is 4.79 Å². The number of anilines is 1. The fourth-order valence-electron chi connectivity index (χ4n) is 3.11. The number of nitrogens with two attached hydrogens (primary N) is 1. The minimum Gasteiger partial charge on any atom is -0.375 e. The standard InChI is InChI=1S/C21H24N4O2S/c1-14-10-12-25(15(2)16-7-4-3-5-8-16)20(27)18(14)19(26)23-11-6-9-17-13-28-21(22)24-17/h3-5,7-8,10,12-13,15H,6,9,11H2,1-2H3,(H2,22,24)(H,23,26). The van der Waals surface area contributed by atoms with Crippen LogP contribution in [0.3, 0.4) is 0 Å². The Balaban J connectivity index is 1.70. The molecule has 6 nitrogen and oxygen atoms in total. The number of thiazole rings is 1. The maximum Gasteiger partial charge on any atom is 0.264 e. The van der Waals surface area contributed by atoms with E-state index in [1.807, 2.05) is 48.7 Å². The molecule has 0 bridgehead atoms. The molecule has 0 aliphatic heterocycles. The third kappa shape index (κ3) is 4.48. The summed E-state index contributed by atoms with van der Waals surface area (Å²) in [6.07, 6.45) is 3.21. The van der Waals surface area contributed by atoms with Crippen LogP contribution in [-0.4, -0.2) is 22.0 Å². The lowest BCUT2D eigenvalue weighted by atomic mass is 10.1. The highest BCUT2D eigenvalue weighted by atomic mass is 32.1. The number of nitrogen functional groups attached to an aromatic ring is 1. The van der Waals surface area contributed by atoms with Gasteiger partial charge in [-0.1, -0.05) is 30.3 Å². The lowest BCUT2D eigenvalue weighted by molar-refractivity contribution is 0.0950. The molecular formula is C21H24N4O2S. The molecule has 1 unspecified atom stereocenters. The van der Waals surface area contributed by atoms with E-state index >= 15 is 0 Å². The first-order chi connectivity index (χ1) is 13.5. The second kappa shape index (κ2) is 8.84. The number of rotatable bonds is 7. The third-order valence-electron chi connectivity index (χ3n) is 4.72. The zero-order valence-corrected chi connectivity index (χ0v) is 16.8. The number of benzene rings is 1. The van der Waals surface area contributed by atoms with Gasteiger partial charge in [-0.3, -0.25) is 9.59 Å². The van der Waals surface area contributed by atoms with Gasteiger partial charge in [-0.2, -0.15) is 0 Å². The number of nitrogens with zero attached hydrogens (tertiary/aromatic N) is 2. The zero-order chi connectivity index (χ0) is 20.1. The van der Waals surface area contributed by atoms with Crippen LogP contribution in [0.4, 0.5) is 5.13 Å². The van der Waals surface area contributed by atoms with Gasteiger partial charge in [-0.05, 0) is 43.9 Å². The molecule has 0 radical (unpaired) electrons. The Morgan fingerprint density at radius 1 is 1.29 bits per heavy atom. The van der Waals surface area contributed by atoms with Gasteiger partial charge < -0.3 is 15.6 Å². The van der Waals surface area contributed by atoms with Crippen LogP contribution in [0.5, 0.6) is 0 Å². The maximum atomic E-state index is 13.0. The Labute approximate surface area is 168 Å². The molecule has 1 amide bonds. The fourth-order valence-corrected chi connectivity index (χ4v) is 3.71. The highest BCUT2D eigenvalue weighted by Crippen LogP contribution is 2.16. The molecule has 2 heterocycles. The van der Waals surface area contributed by atoms with E-state index in [1.165, 1.54) is 11.3 Å². The van der Waals surface area contributed by atoms with Crippen LogP contribution in [0.25, 0.3) is 0 Å². The van der Waals surface area contributed by atoms with E-state index in [9.17, 15) is 9.59 Å². The van der Waals surface area contributed by atoms with E-state index in [0.29, 0.717) is 17.2 Å². The van der Waals surface area contributed by atoms with E-state index in [-0.39, 0.29) is 23.1 Å². The van der Waals surface area contributed by atoms with Crippen molar-refractivity contribution in [2.24, 2.45) is 0 Å². The number of carbonyl (C=O) groups excluding carboxylic acids is 1. The third-order valence-corrected chi connectivity index (χ3v) is 5.44. The van der Waals surface area contributed by atoms with Gasteiger partial charge in [-0.25, -0.2) is 4.98 Å². The van der Waals surface area contributed by atoms with E-state index < -0.39 is 0 Å². The SMILES string of the molecule is Cc1ccn(C(C)c2ccccc2)c(=O)c1C(=O)NCCCc1csc(N)n1. The predicted molar refractivity (Wildman–Crippen MR) is 113 cm³/mol. The van der Waals surface area contributed by atoms with Gasteiger partial charge in [0.1, 0.15) is 5.56 Å². The van der Waals surface area contributed by atoms with E-state index in [2.05, 4.69) is 10.3 Å². The van der Waals surface area contributed by atoms with Crippen LogP contribution >= 0.6 is 11.3 Å². The van der Waals surface area contributed by atoms with Crippen molar-refractivity contribution >= 4 is 22.4 Å². The Hall–Kier alpha value is -2.93. The summed E-state index contributed by atoms with van der Waals surface area (Å²) in [7, 11) is 0. The molecule has 1 atom stereocenters. The van der Waals surface area contributed by atoms with Crippen molar-refractivity contribution in [1.29, 1.82) is 0 Å². The molecule has 3 aromatic rings. The molecule has 0 spiro atoms. The minimum absolute atomic E-state index is 0.157. The van der Waals surface area contributed by atoms with Crippen LogP contribution in [0.2, 0.25) is 0 Å². The first-order valence-electron chi connectivity index (χ1n) is 9.22. The topological polar surface area (TPSA) is 90.0 Å². The van der Waals surface area contributed by atoms with E-state index in [4.69, 9.17) is 5.73 Å². The van der Waals surface area contributed by atoms with Crippen molar-refractivity contribution in [3.63, 3.8) is 0 Å². The second-order valence-corrected chi connectivity index (χ2v) is 7.60. The molecule has 3 rings (SSSR count). The average Bonchev–Trinajstić information content (AvgIpc) is 3.11. The Morgan fingerprint density at radius 2 is 2.04 bits per heavy atom. The quantitative estimate of drug-likeness (QED) is 0.600. The summed E-state index contributed by atoms with van der Waals surface area (Å²) >= 11 is 1.41. The number of amides is 1. The molecular weight excluding hydrogens is 372 g/mol. The number of aryl methyl sites for hydroxylation is 2. The number of hydrogen-bond acceptors (Lipinski definition) is 5. The molecule has 2 aromatic heterocycles. The molecule has 0 fully saturated rings. The van der Waals surface area contributed by atoms with Crippen LogP contribution < -0.4 is 16.6 Å². The van der Waals surface area contributed by atoms with Gasteiger partial charge in [-0.15, -0.1) is 11.3 Å². The molecule has 7 heteroatoms. The summed E-state index contributed by atoms with van der Waals surface area (Å²) in [5.74, 6) is -0.338. The summed E-state index contributed by atoms with van der Waals surface area (Å²) in [5, 5.41) is 5.32. The van der Waals surface area contributed by atoms with Crippen LogP contribution in [0, 0.1) is 6.92 Å². The van der Waals surface area contributed by atoms with Crippen LogP contribution in [0.15, 0.2) is 52.8 Å². The zero-order valence-electron chi connectivity index (χ0n) is 16.0. The number of pyridine rings is 1. The summed E-state index contributed by atoms with van der Waals surface area (Å²) in [5.41, 5.74) is 8.15. The molecule has 0 aliphatic carbocycles. The molecule has 0 saturated heterocycles. The van der Waals surface area contributed by atoms with Crippen LogP contribution in [0.1, 0.15) is 46.6 Å². The molecule has 3 N–H and O–H groups in total. The first-order valence-corrected chi connectivity index (χ1v) is 10.1. The Morgan fingerprint density at radius 3 is 2.71 bits per heavy atom. The summed E-state index contributed by atoms with van der Waals surface area (Å²) in [4.78, 5) is 29.8. The van der Waals surface area contributed by atoms with Crippen molar-refractivity contribution in [3.05, 3.63) is 80.7 Å². The smallest absolute Gasteiger partial charge is 0.264 e. The van der Waals surface area contributed by atoms with Gasteiger partial charge in [0, 0.05) is 18.1 Å². The van der Waals surface area contributed by atoms with Crippen molar-refractivity contribution in [2.75, 3.05) is 12.3 Å². The Kier molecular flexibility index (Phi) is 6.26. The molecule has 28 heavy (non-hydrogen) atoms. The highest BCUT2D eigenvalue weighted by molar-refractivity contribution is 7.13. The Bertz CT molecular complexity index is 1010. The molecule has 1 aromatic carbocycles. The van der Waals surface area contributed by atoms with Crippen molar-refractivity contribution in [3.8, 4) is 0 Å². The largest absolute Gasteiger partial charge is 0.375 e. The first kappa shape index (κ1) is 19.8. The van der Waals surface area contributed by atoms with Crippen molar-refractivity contribution in [2.45, 2.75) is 32.7 Å². The number of nitrogens with one attached hydrogen (secondary N) is 1. The normalized spacial score (nSPS) is 11.9. The lowest BCUT2D eigenvalue weighted by Crippen LogP contribution is -2.35. The van der Waals surface area contributed by atoms with Gasteiger partial charge in [0.05, 0.1) is 11.7 Å². The molecule has 146 valence electrons. The van der Waals surface area contributed by atoms with E-state index in [1.54, 1.807) is 17.7 Å². The second-order valence-electron chi connectivity index (χ2n) is 6.71. The molecule has 0 saturated carbocycles.